The number of rotatable bonds is 3. The Hall–Kier alpha value is -1.10. The maximum absolute atomic E-state index is 13.3. The van der Waals surface area contributed by atoms with E-state index in [1.54, 1.807) is 24.3 Å². The maximum atomic E-state index is 13.3. The van der Waals surface area contributed by atoms with Gasteiger partial charge in [-0.25, -0.2) is 4.39 Å². The van der Waals surface area contributed by atoms with Gasteiger partial charge in [0.25, 0.3) is 0 Å². The van der Waals surface area contributed by atoms with Gasteiger partial charge in [-0.3, -0.25) is 0 Å². The number of aliphatic hydroxyl groups excluding tert-OH is 1. The fourth-order valence-corrected chi connectivity index (χ4v) is 2.45. The molecule has 0 bridgehead atoms. The average molecular weight is 346 g/mol. The fraction of sp³-hybridized carbons (Fsp3) is 0.143. The zero-order chi connectivity index (χ0) is 14.0. The van der Waals surface area contributed by atoms with Gasteiger partial charge in [-0.05, 0) is 36.4 Å². The van der Waals surface area contributed by atoms with Crippen LogP contribution in [0.15, 0.2) is 40.9 Å². The highest BCUT2D eigenvalue weighted by Gasteiger charge is 2.19. The van der Waals surface area contributed by atoms with E-state index >= 15 is 0 Å². The summed E-state index contributed by atoms with van der Waals surface area (Å²) in [6.07, 6.45) is -1.03. The standard InChI is InChI=1S/C14H11BrClFO2/c1-19-13-5-2-8(16)6-11(13)14(18)10-7-9(17)3-4-12(10)15/h2-7,14,18H,1H3. The van der Waals surface area contributed by atoms with Crippen molar-refractivity contribution in [3.05, 3.63) is 62.8 Å². The summed E-state index contributed by atoms with van der Waals surface area (Å²) >= 11 is 9.22. The normalized spacial score (nSPS) is 12.3. The first-order chi connectivity index (χ1) is 9.02. The average Bonchev–Trinajstić information content (AvgIpc) is 2.40. The lowest BCUT2D eigenvalue weighted by atomic mass is 10.0. The summed E-state index contributed by atoms with van der Waals surface area (Å²) in [7, 11) is 1.50. The van der Waals surface area contributed by atoms with Crippen LogP contribution in [0.25, 0.3) is 0 Å². The predicted molar refractivity (Wildman–Crippen MR) is 76.2 cm³/mol. The van der Waals surface area contributed by atoms with Crippen LogP contribution >= 0.6 is 27.5 Å². The summed E-state index contributed by atoms with van der Waals surface area (Å²) < 4.78 is 19.1. The maximum Gasteiger partial charge on any atom is 0.125 e. The molecule has 0 heterocycles. The monoisotopic (exact) mass is 344 g/mol. The van der Waals surface area contributed by atoms with E-state index in [1.165, 1.54) is 19.2 Å². The van der Waals surface area contributed by atoms with Crippen molar-refractivity contribution in [1.29, 1.82) is 0 Å². The molecule has 5 heteroatoms. The number of hydrogen-bond acceptors (Lipinski definition) is 2. The quantitative estimate of drug-likeness (QED) is 0.897. The zero-order valence-corrected chi connectivity index (χ0v) is 12.4. The van der Waals surface area contributed by atoms with Gasteiger partial charge in [0, 0.05) is 20.6 Å². The van der Waals surface area contributed by atoms with Gasteiger partial charge in [-0.15, -0.1) is 0 Å². The molecule has 2 aromatic rings. The summed E-state index contributed by atoms with van der Waals surface area (Å²) in [6.45, 7) is 0. The molecule has 0 fully saturated rings. The molecule has 0 aliphatic carbocycles. The smallest absolute Gasteiger partial charge is 0.125 e. The summed E-state index contributed by atoms with van der Waals surface area (Å²) in [5.41, 5.74) is 0.905. The molecule has 0 radical (unpaired) electrons. The molecule has 100 valence electrons. The van der Waals surface area contributed by atoms with E-state index < -0.39 is 11.9 Å². The van der Waals surface area contributed by atoms with Crippen LogP contribution in [0.5, 0.6) is 5.75 Å². The second-order valence-corrected chi connectivity index (χ2v) is 5.25. The van der Waals surface area contributed by atoms with E-state index in [0.29, 0.717) is 26.4 Å². The van der Waals surface area contributed by atoms with Crippen LogP contribution in [0.2, 0.25) is 5.02 Å². The highest BCUT2D eigenvalue weighted by atomic mass is 79.9. The molecule has 0 saturated heterocycles. The summed E-state index contributed by atoms with van der Waals surface area (Å²) in [5.74, 6) is 0.0753. The van der Waals surface area contributed by atoms with Crippen LogP contribution in [-0.2, 0) is 0 Å². The first kappa shape index (κ1) is 14.3. The number of hydrogen-bond donors (Lipinski definition) is 1. The minimum absolute atomic E-state index is 0.417. The third kappa shape index (κ3) is 3.08. The fourth-order valence-electron chi connectivity index (χ4n) is 1.81. The highest BCUT2D eigenvalue weighted by Crippen LogP contribution is 2.35. The lowest BCUT2D eigenvalue weighted by Gasteiger charge is -2.17. The Kier molecular flexibility index (Phi) is 4.45. The minimum Gasteiger partial charge on any atom is -0.496 e. The molecule has 1 atom stereocenters. The second kappa shape index (κ2) is 5.90. The lowest BCUT2D eigenvalue weighted by molar-refractivity contribution is 0.213. The number of halogens is 3. The van der Waals surface area contributed by atoms with Crippen molar-refractivity contribution in [1.82, 2.24) is 0 Å². The van der Waals surface area contributed by atoms with Crippen LogP contribution in [0.3, 0.4) is 0 Å². The largest absolute Gasteiger partial charge is 0.496 e. The van der Waals surface area contributed by atoms with E-state index in [1.807, 2.05) is 0 Å². The third-order valence-electron chi connectivity index (χ3n) is 2.74. The molecule has 0 saturated carbocycles. The van der Waals surface area contributed by atoms with Crippen LogP contribution in [-0.4, -0.2) is 12.2 Å². The molecule has 1 N–H and O–H groups in total. The van der Waals surface area contributed by atoms with Gasteiger partial charge in [-0.2, -0.15) is 0 Å². The van der Waals surface area contributed by atoms with E-state index in [2.05, 4.69) is 15.9 Å². The second-order valence-electron chi connectivity index (χ2n) is 3.95. The van der Waals surface area contributed by atoms with Crippen molar-refractivity contribution < 1.29 is 14.2 Å². The number of benzene rings is 2. The van der Waals surface area contributed by atoms with Crippen molar-refractivity contribution >= 4 is 27.5 Å². The van der Waals surface area contributed by atoms with Gasteiger partial charge < -0.3 is 9.84 Å². The molecular formula is C14H11BrClFO2. The third-order valence-corrected chi connectivity index (χ3v) is 3.70. The molecule has 0 aliphatic heterocycles. The number of methoxy groups -OCH3 is 1. The Morgan fingerprint density at radius 1 is 1.21 bits per heavy atom. The summed E-state index contributed by atoms with van der Waals surface area (Å²) in [4.78, 5) is 0. The highest BCUT2D eigenvalue weighted by molar-refractivity contribution is 9.10. The molecule has 2 aromatic carbocycles. The molecule has 0 amide bonds. The molecule has 0 aromatic heterocycles. The Labute approximate surface area is 123 Å². The van der Waals surface area contributed by atoms with Crippen LogP contribution in [0.1, 0.15) is 17.2 Å². The van der Waals surface area contributed by atoms with E-state index in [9.17, 15) is 9.50 Å². The summed E-state index contributed by atoms with van der Waals surface area (Å²) in [6, 6.07) is 9.06. The lowest BCUT2D eigenvalue weighted by Crippen LogP contribution is -2.04. The topological polar surface area (TPSA) is 29.5 Å². The Bertz CT molecular complexity index is 604. The van der Waals surface area contributed by atoms with Gasteiger partial charge >= 0.3 is 0 Å². The molecule has 19 heavy (non-hydrogen) atoms. The van der Waals surface area contributed by atoms with Crippen molar-refractivity contribution in [2.24, 2.45) is 0 Å². The molecule has 2 rings (SSSR count). The first-order valence-electron chi connectivity index (χ1n) is 5.49. The van der Waals surface area contributed by atoms with Crippen LogP contribution in [0, 0.1) is 5.82 Å². The number of aliphatic hydroxyl groups is 1. The Morgan fingerprint density at radius 2 is 1.95 bits per heavy atom. The van der Waals surface area contributed by atoms with Crippen molar-refractivity contribution in [3.8, 4) is 5.75 Å². The van der Waals surface area contributed by atoms with Gasteiger partial charge in [0.2, 0.25) is 0 Å². The predicted octanol–water partition coefficient (Wildman–Crippen LogP) is 4.33. The molecule has 1 unspecified atom stereocenters. The molecule has 0 spiro atoms. The van der Waals surface area contributed by atoms with E-state index in [-0.39, 0.29) is 0 Å². The zero-order valence-electron chi connectivity index (χ0n) is 10.0. The van der Waals surface area contributed by atoms with Gasteiger partial charge in [-0.1, -0.05) is 27.5 Å². The van der Waals surface area contributed by atoms with E-state index in [4.69, 9.17) is 16.3 Å². The van der Waals surface area contributed by atoms with Crippen molar-refractivity contribution in [2.75, 3.05) is 7.11 Å². The Morgan fingerprint density at radius 3 is 2.63 bits per heavy atom. The molecular weight excluding hydrogens is 335 g/mol. The van der Waals surface area contributed by atoms with Gasteiger partial charge in [0.05, 0.1) is 7.11 Å². The van der Waals surface area contributed by atoms with Gasteiger partial charge in [0.1, 0.15) is 17.7 Å². The first-order valence-corrected chi connectivity index (χ1v) is 6.66. The van der Waals surface area contributed by atoms with Crippen molar-refractivity contribution in [2.45, 2.75) is 6.10 Å². The summed E-state index contributed by atoms with van der Waals surface area (Å²) in [5, 5.41) is 10.9. The Balaban J connectivity index is 2.51. The SMILES string of the molecule is COc1ccc(Cl)cc1C(O)c1cc(F)ccc1Br. The molecule has 2 nitrogen and oxygen atoms in total. The minimum atomic E-state index is -1.03. The van der Waals surface area contributed by atoms with Crippen LogP contribution in [0.4, 0.5) is 4.39 Å². The van der Waals surface area contributed by atoms with Gasteiger partial charge in [0.15, 0.2) is 0 Å². The van der Waals surface area contributed by atoms with Crippen LogP contribution < -0.4 is 4.74 Å². The molecule has 0 aliphatic rings. The number of ether oxygens (including phenoxy) is 1. The van der Waals surface area contributed by atoms with E-state index in [0.717, 1.165) is 0 Å². The van der Waals surface area contributed by atoms with Crippen molar-refractivity contribution in [3.63, 3.8) is 0 Å².